The van der Waals surface area contributed by atoms with Crippen LogP contribution in [-0.2, 0) is 0 Å². The molecule has 0 radical (unpaired) electrons. The van der Waals surface area contributed by atoms with Gasteiger partial charge < -0.3 is 5.11 Å². The molecular formula is C6H9NOS. The summed E-state index contributed by atoms with van der Waals surface area (Å²) in [4.78, 5) is 0. The van der Waals surface area contributed by atoms with Crippen LogP contribution in [0, 0.1) is 11.3 Å². The van der Waals surface area contributed by atoms with Gasteiger partial charge in [-0.1, -0.05) is 0 Å². The summed E-state index contributed by atoms with van der Waals surface area (Å²) in [6, 6.07) is 1.92. The van der Waals surface area contributed by atoms with E-state index in [1.54, 1.807) is 11.8 Å². The van der Waals surface area contributed by atoms with Crippen LogP contribution >= 0.6 is 11.8 Å². The summed E-state index contributed by atoms with van der Waals surface area (Å²) >= 11 is 1.66. The molecule has 0 aromatic rings. The smallest absolute Gasteiger partial charge is 0.163 e. The first-order chi connectivity index (χ1) is 4.19. The minimum Gasteiger partial charge on any atom is -0.374 e. The van der Waals surface area contributed by atoms with Gasteiger partial charge in [-0.05, 0) is 19.1 Å². The van der Waals surface area contributed by atoms with E-state index >= 15 is 0 Å². The molecule has 1 heterocycles. The normalized spacial score (nSPS) is 42.6. The van der Waals surface area contributed by atoms with Crippen LogP contribution in [-0.4, -0.2) is 21.7 Å². The van der Waals surface area contributed by atoms with Gasteiger partial charge in [-0.3, -0.25) is 0 Å². The largest absolute Gasteiger partial charge is 0.374 e. The number of aliphatic hydroxyl groups is 1. The van der Waals surface area contributed by atoms with E-state index in [4.69, 9.17) is 5.26 Å². The molecule has 2 nitrogen and oxygen atoms in total. The molecule has 50 valence electrons. The maximum atomic E-state index is 9.39. The fraction of sp³-hybridized carbons (Fsp3) is 0.833. The van der Waals surface area contributed by atoms with Crippen LogP contribution in [0.5, 0.6) is 0 Å². The molecule has 1 aliphatic rings. The zero-order valence-electron chi connectivity index (χ0n) is 5.29. The number of rotatable bonds is 0. The molecule has 0 unspecified atom stereocenters. The molecule has 0 aromatic carbocycles. The molecule has 0 saturated carbocycles. The highest BCUT2D eigenvalue weighted by Crippen LogP contribution is 2.34. The van der Waals surface area contributed by atoms with Gasteiger partial charge in [0, 0.05) is 5.25 Å². The molecule has 1 saturated heterocycles. The topological polar surface area (TPSA) is 44.0 Å². The van der Waals surface area contributed by atoms with E-state index < -0.39 is 5.60 Å². The zero-order valence-corrected chi connectivity index (χ0v) is 6.11. The Hall–Kier alpha value is -0.200. The minimum absolute atomic E-state index is 0.0856. The molecule has 0 spiro atoms. The molecule has 9 heavy (non-hydrogen) atoms. The van der Waals surface area contributed by atoms with Gasteiger partial charge in [0.2, 0.25) is 0 Å². The monoisotopic (exact) mass is 143 g/mol. The summed E-state index contributed by atoms with van der Waals surface area (Å²) in [5.74, 6) is 0.908. The summed E-state index contributed by atoms with van der Waals surface area (Å²) < 4.78 is 0. The third-order valence-electron chi connectivity index (χ3n) is 1.72. The van der Waals surface area contributed by atoms with Crippen molar-refractivity contribution in [2.75, 3.05) is 5.75 Å². The number of hydrogen-bond acceptors (Lipinski definition) is 3. The van der Waals surface area contributed by atoms with E-state index in [9.17, 15) is 5.11 Å². The quantitative estimate of drug-likeness (QED) is 0.509. The number of nitrogens with zero attached hydrogens (tertiary/aromatic N) is 1. The van der Waals surface area contributed by atoms with E-state index in [0.717, 1.165) is 5.75 Å². The number of nitriles is 1. The molecule has 0 amide bonds. The zero-order chi connectivity index (χ0) is 6.91. The van der Waals surface area contributed by atoms with Gasteiger partial charge in [0.15, 0.2) is 5.60 Å². The lowest BCUT2D eigenvalue weighted by molar-refractivity contribution is 0.105. The van der Waals surface area contributed by atoms with Gasteiger partial charge in [0.25, 0.3) is 0 Å². The number of hydrogen-bond donors (Lipinski definition) is 1. The Bertz CT molecular complexity index is 154. The van der Waals surface area contributed by atoms with Crippen LogP contribution in [0.15, 0.2) is 0 Å². The summed E-state index contributed by atoms with van der Waals surface area (Å²) in [7, 11) is 0. The molecule has 1 fully saturated rings. The van der Waals surface area contributed by atoms with Crippen LogP contribution in [0.1, 0.15) is 13.3 Å². The van der Waals surface area contributed by atoms with Crippen molar-refractivity contribution in [2.24, 2.45) is 0 Å². The van der Waals surface area contributed by atoms with Crippen molar-refractivity contribution in [3.05, 3.63) is 0 Å². The summed E-state index contributed by atoms with van der Waals surface area (Å²) in [6.45, 7) is 1.89. The second-order valence-electron chi connectivity index (χ2n) is 2.30. The van der Waals surface area contributed by atoms with Crippen molar-refractivity contribution in [3.63, 3.8) is 0 Å². The van der Waals surface area contributed by atoms with Crippen molar-refractivity contribution in [1.82, 2.24) is 0 Å². The van der Waals surface area contributed by atoms with Crippen molar-refractivity contribution >= 4 is 11.8 Å². The van der Waals surface area contributed by atoms with Crippen LogP contribution < -0.4 is 0 Å². The average Bonchev–Trinajstić information content (AvgIpc) is 2.15. The molecule has 1 N–H and O–H groups in total. The van der Waals surface area contributed by atoms with E-state index in [-0.39, 0.29) is 5.25 Å². The predicted octanol–water partition coefficient (Wildman–Crippen LogP) is 0.766. The van der Waals surface area contributed by atoms with Gasteiger partial charge in [-0.2, -0.15) is 17.0 Å². The van der Waals surface area contributed by atoms with Crippen molar-refractivity contribution in [1.29, 1.82) is 5.26 Å². The maximum absolute atomic E-state index is 9.39. The third kappa shape index (κ3) is 1.05. The lowest BCUT2D eigenvalue weighted by Gasteiger charge is -2.16. The Kier molecular flexibility index (Phi) is 1.69. The van der Waals surface area contributed by atoms with Gasteiger partial charge in [-0.25, -0.2) is 0 Å². The van der Waals surface area contributed by atoms with Gasteiger partial charge in [-0.15, -0.1) is 0 Å². The molecule has 1 aliphatic heterocycles. The minimum atomic E-state index is -1.04. The Labute approximate surface area is 58.9 Å². The summed E-state index contributed by atoms with van der Waals surface area (Å²) in [5.41, 5.74) is -1.04. The Balaban J connectivity index is 2.70. The molecule has 0 aliphatic carbocycles. The fourth-order valence-electron chi connectivity index (χ4n) is 0.879. The van der Waals surface area contributed by atoms with Crippen LogP contribution in [0.25, 0.3) is 0 Å². The van der Waals surface area contributed by atoms with Gasteiger partial charge >= 0.3 is 0 Å². The standard InChI is InChI=1S/C6H9NOS/c1-5-6(8,4-7)2-3-9-5/h5,8H,2-3H2,1H3/t5-,6-/m0/s1. The van der Waals surface area contributed by atoms with Crippen LogP contribution in [0.4, 0.5) is 0 Å². The van der Waals surface area contributed by atoms with E-state index in [0.29, 0.717) is 6.42 Å². The third-order valence-corrected chi connectivity index (χ3v) is 3.05. The Morgan fingerprint density at radius 2 is 2.56 bits per heavy atom. The first-order valence-corrected chi connectivity index (χ1v) is 3.99. The van der Waals surface area contributed by atoms with E-state index in [1.807, 2.05) is 13.0 Å². The van der Waals surface area contributed by atoms with Crippen molar-refractivity contribution < 1.29 is 5.11 Å². The van der Waals surface area contributed by atoms with Crippen molar-refractivity contribution in [2.45, 2.75) is 24.2 Å². The van der Waals surface area contributed by atoms with E-state index in [2.05, 4.69) is 0 Å². The lowest BCUT2D eigenvalue weighted by Crippen LogP contribution is -2.31. The molecule has 2 atom stereocenters. The second-order valence-corrected chi connectivity index (χ2v) is 3.75. The maximum Gasteiger partial charge on any atom is 0.163 e. The highest BCUT2D eigenvalue weighted by atomic mass is 32.2. The first kappa shape index (κ1) is 6.91. The average molecular weight is 143 g/mol. The van der Waals surface area contributed by atoms with E-state index in [1.165, 1.54) is 0 Å². The molecular weight excluding hydrogens is 134 g/mol. The van der Waals surface area contributed by atoms with Gasteiger partial charge in [0.1, 0.15) is 0 Å². The van der Waals surface area contributed by atoms with Crippen molar-refractivity contribution in [3.8, 4) is 6.07 Å². The predicted molar refractivity (Wildman–Crippen MR) is 37.1 cm³/mol. The Morgan fingerprint density at radius 3 is 2.78 bits per heavy atom. The van der Waals surface area contributed by atoms with Gasteiger partial charge in [0.05, 0.1) is 6.07 Å². The van der Waals surface area contributed by atoms with Crippen LogP contribution in [0.3, 0.4) is 0 Å². The first-order valence-electron chi connectivity index (χ1n) is 2.94. The molecule has 0 bridgehead atoms. The molecule has 3 heteroatoms. The Morgan fingerprint density at radius 1 is 1.89 bits per heavy atom. The fourth-order valence-corrected chi connectivity index (χ4v) is 2.11. The summed E-state index contributed by atoms with van der Waals surface area (Å²) in [6.07, 6.45) is 0.620. The summed E-state index contributed by atoms with van der Waals surface area (Å²) in [5, 5.41) is 18.0. The number of thioether (sulfide) groups is 1. The van der Waals surface area contributed by atoms with Crippen LogP contribution in [0.2, 0.25) is 0 Å². The molecule has 0 aromatic heterocycles. The highest BCUT2D eigenvalue weighted by molar-refractivity contribution is 8.00. The molecule has 1 rings (SSSR count). The second kappa shape index (κ2) is 2.20. The highest BCUT2D eigenvalue weighted by Gasteiger charge is 2.38. The lowest BCUT2D eigenvalue weighted by atomic mass is 10.0. The SMILES string of the molecule is C[C@@H]1SCC[C@]1(O)C#N.